The summed E-state index contributed by atoms with van der Waals surface area (Å²) < 4.78 is 12.6. The molecule has 1 aliphatic rings. The zero-order valence-corrected chi connectivity index (χ0v) is 13.3. The van der Waals surface area contributed by atoms with Crippen molar-refractivity contribution in [3.63, 3.8) is 0 Å². The highest BCUT2D eigenvalue weighted by molar-refractivity contribution is 5.94. The SMILES string of the molecule is Cn1c(CCNC(=O)c2ccc3c(c2)OCO3)nc2ccccc21. The van der Waals surface area contributed by atoms with Crippen LogP contribution in [-0.4, -0.2) is 28.8 Å². The predicted molar refractivity (Wildman–Crippen MR) is 89.3 cm³/mol. The Bertz CT molecular complexity index is 917. The van der Waals surface area contributed by atoms with Gasteiger partial charge in [-0.2, -0.15) is 0 Å². The number of rotatable bonds is 4. The Morgan fingerprint density at radius 3 is 2.92 bits per heavy atom. The molecule has 3 aromatic rings. The van der Waals surface area contributed by atoms with Crippen molar-refractivity contribution >= 4 is 16.9 Å². The number of imidazole rings is 1. The van der Waals surface area contributed by atoms with Crippen molar-refractivity contribution in [2.45, 2.75) is 6.42 Å². The molecule has 2 aromatic carbocycles. The molecule has 24 heavy (non-hydrogen) atoms. The Balaban J connectivity index is 1.41. The largest absolute Gasteiger partial charge is 0.454 e. The first-order valence-corrected chi connectivity index (χ1v) is 7.80. The fraction of sp³-hybridized carbons (Fsp3) is 0.222. The van der Waals surface area contributed by atoms with Crippen LogP contribution in [0.3, 0.4) is 0 Å². The molecule has 0 saturated carbocycles. The number of carbonyl (C=O) groups excluding carboxylic acids is 1. The maximum absolute atomic E-state index is 12.3. The van der Waals surface area contributed by atoms with Gasteiger partial charge in [0.1, 0.15) is 5.82 Å². The van der Waals surface area contributed by atoms with Crippen molar-refractivity contribution in [1.29, 1.82) is 0 Å². The summed E-state index contributed by atoms with van der Waals surface area (Å²) in [7, 11) is 1.99. The molecule has 4 rings (SSSR count). The molecule has 0 spiro atoms. The van der Waals surface area contributed by atoms with E-state index in [1.807, 2.05) is 31.3 Å². The molecule has 0 radical (unpaired) electrons. The van der Waals surface area contributed by atoms with Crippen molar-refractivity contribution in [3.8, 4) is 11.5 Å². The lowest BCUT2D eigenvalue weighted by atomic mass is 10.2. The van der Waals surface area contributed by atoms with Gasteiger partial charge in [0.15, 0.2) is 11.5 Å². The summed E-state index contributed by atoms with van der Waals surface area (Å²) >= 11 is 0. The second kappa shape index (κ2) is 5.88. The summed E-state index contributed by atoms with van der Waals surface area (Å²) in [5.41, 5.74) is 2.62. The van der Waals surface area contributed by atoms with Gasteiger partial charge in [0.05, 0.1) is 11.0 Å². The molecule has 0 bridgehead atoms. The molecule has 1 aromatic heterocycles. The molecule has 1 amide bonds. The standard InChI is InChI=1S/C18H17N3O3/c1-21-14-5-3-2-4-13(14)20-17(21)8-9-19-18(22)12-6-7-15-16(10-12)24-11-23-15/h2-7,10H,8-9,11H2,1H3,(H,19,22). The minimum atomic E-state index is -0.132. The number of nitrogens with zero attached hydrogens (tertiary/aromatic N) is 2. The van der Waals surface area contributed by atoms with Gasteiger partial charge in [-0.3, -0.25) is 4.79 Å². The summed E-state index contributed by atoms with van der Waals surface area (Å²) in [6.45, 7) is 0.720. The Morgan fingerprint density at radius 2 is 2.04 bits per heavy atom. The van der Waals surface area contributed by atoms with Crippen molar-refractivity contribution in [2.75, 3.05) is 13.3 Å². The molecular weight excluding hydrogens is 306 g/mol. The van der Waals surface area contributed by atoms with Gasteiger partial charge in [0.2, 0.25) is 6.79 Å². The molecule has 0 unspecified atom stereocenters. The number of para-hydroxylation sites is 2. The van der Waals surface area contributed by atoms with Crippen molar-refractivity contribution < 1.29 is 14.3 Å². The quantitative estimate of drug-likeness (QED) is 0.800. The number of amides is 1. The number of hydrogen-bond donors (Lipinski definition) is 1. The molecule has 0 atom stereocenters. The first kappa shape index (κ1) is 14.6. The van der Waals surface area contributed by atoms with E-state index in [4.69, 9.17) is 9.47 Å². The number of ether oxygens (including phenoxy) is 2. The summed E-state index contributed by atoms with van der Waals surface area (Å²) in [5, 5.41) is 2.92. The lowest BCUT2D eigenvalue weighted by Gasteiger charge is -2.06. The molecule has 0 fully saturated rings. The first-order chi connectivity index (χ1) is 11.7. The lowest BCUT2D eigenvalue weighted by Crippen LogP contribution is -2.26. The third-order valence-corrected chi connectivity index (χ3v) is 4.15. The lowest BCUT2D eigenvalue weighted by molar-refractivity contribution is 0.0953. The van der Waals surface area contributed by atoms with Crippen LogP contribution in [0.1, 0.15) is 16.2 Å². The van der Waals surface area contributed by atoms with Gasteiger partial charge in [-0.05, 0) is 30.3 Å². The summed E-state index contributed by atoms with van der Waals surface area (Å²) in [6.07, 6.45) is 0.668. The van der Waals surface area contributed by atoms with Gasteiger partial charge >= 0.3 is 0 Å². The molecule has 2 heterocycles. The third kappa shape index (κ3) is 2.56. The number of benzene rings is 2. The van der Waals surface area contributed by atoms with E-state index in [1.54, 1.807) is 18.2 Å². The maximum atomic E-state index is 12.3. The van der Waals surface area contributed by atoms with Crippen LogP contribution in [-0.2, 0) is 13.5 Å². The van der Waals surface area contributed by atoms with E-state index in [-0.39, 0.29) is 12.7 Å². The van der Waals surface area contributed by atoms with E-state index >= 15 is 0 Å². The van der Waals surface area contributed by atoms with Crippen LogP contribution in [0.25, 0.3) is 11.0 Å². The van der Waals surface area contributed by atoms with Crippen molar-refractivity contribution in [2.24, 2.45) is 7.05 Å². The average molecular weight is 323 g/mol. The van der Waals surface area contributed by atoms with E-state index in [0.29, 0.717) is 30.0 Å². The minimum Gasteiger partial charge on any atom is -0.454 e. The Morgan fingerprint density at radius 1 is 1.21 bits per heavy atom. The number of aryl methyl sites for hydroxylation is 1. The summed E-state index contributed by atoms with van der Waals surface area (Å²) in [6, 6.07) is 13.2. The van der Waals surface area contributed by atoms with Gasteiger partial charge in [-0.25, -0.2) is 4.98 Å². The monoisotopic (exact) mass is 323 g/mol. The minimum absolute atomic E-state index is 0.132. The summed E-state index contributed by atoms with van der Waals surface area (Å²) in [5.74, 6) is 2.10. The highest BCUT2D eigenvalue weighted by Crippen LogP contribution is 2.32. The second-order valence-electron chi connectivity index (χ2n) is 5.65. The van der Waals surface area contributed by atoms with Gasteiger partial charge < -0.3 is 19.4 Å². The van der Waals surface area contributed by atoms with Gasteiger partial charge in [0.25, 0.3) is 5.91 Å². The van der Waals surface area contributed by atoms with Gasteiger partial charge in [0, 0.05) is 25.6 Å². The molecule has 0 saturated heterocycles. The smallest absolute Gasteiger partial charge is 0.251 e. The zero-order chi connectivity index (χ0) is 16.5. The highest BCUT2D eigenvalue weighted by Gasteiger charge is 2.16. The maximum Gasteiger partial charge on any atom is 0.251 e. The number of hydrogen-bond acceptors (Lipinski definition) is 4. The average Bonchev–Trinajstić information content (AvgIpc) is 3.19. The molecular formula is C18H17N3O3. The predicted octanol–water partition coefficient (Wildman–Crippen LogP) is 2.27. The molecule has 1 aliphatic heterocycles. The Labute approximate surface area is 139 Å². The second-order valence-corrected chi connectivity index (χ2v) is 5.65. The van der Waals surface area contributed by atoms with Crippen molar-refractivity contribution in [1.82, 2.24) is 14.9 Å². The first-order valence-electron chi connectivity index (χ1n) is 7.80. The third-order valence-electron chi connectivity index (χ3n) is 4.15. The van der Waals surface area contributed by atoms with Crippen LogP contribution < -0.4 is 14.8 Å². The molecule has 6 nitrogen and oxygen atoms in total. The number of fused-ring (bicyclic) bond motifs is 2. The van der Waals surface area contributed by atoms with Crippen LogP contribution in [0.4, 0.5) is 0 Å². The Kier molecular flexibility index (Phi) is 3.57. The number of nitrogens with one attached hydrogen (secondary N) is 1. The van der Waals surface area contributed by atoms with Crippen molar-refractivity contribution in [3.05, 3.63) is 53.9 Å². The van der Waals surface area contributed by atoms with Gasteiger partial charge in [-0.15, -0.1) is 0 Å². The van der Waals surface area contributed by atoms with E-state index in [9.17, 15) is 4.79 Å². The van der Waals surface area contributed by atoms with Gasteiger partial charge in [-0.1, -0.05) is 12.1 Å². The Hall–Kier alpha value is -3.02. The zero-order valence-electron chi connectivity index (χ0n) is 13.3. The topological polar surface area (TPSA) is 65.4 Å². The molecule has 6 heteroatoms. The molecule has 0 aliphatic carbocycles. The normalized spacial score (nSPS) is 12.5. The van der Waals surface area contributed by atoms with Crippen LogP contribution in [0.2, 0.25) is 0 Å². The van der Waals surface area contributed by atoms with E-state index < -0.39 is 0 Å². The fourth-order valence-corrected chi connectivity index (χ4v) is 2.85. The fourth-order valence-electron chi connectivity index (χ4n) is 2.85. The molecule has 1 N–H and O–H groups in total. The van der Waals surface area contributed by atoms with Crippen LogP contribution in [0, 0.1) is 0 Å². The van der Waals surface area contributed by atoms with Crippen LogP contribution in [0.15, 0.2) is 42.5 Å². The van der Waals surface area contributed by atoms with E-state index in [1.165, 1.54) is 0 Å². The number of aromatic nitrogens is 2. The van der Waals surface area contributed by atoms with E-state index in [2.05, 4.69) is 14.9 Å². The van der Waals surface area contributed by atoms with Crippen LogP contribution >= 0.6 is 0 Å². The van der Waals surface area contributed by atoms with Crippen LogP contribution in [0.5, 0.6) is 11.5 Å². The van der Waals surface area contributed by atoms with E-state index in [0.717, 1.165) is 16.9 Å². The summed E-state index contributed by atoms with van der Waals surface area (Å²) in [4.78, 5) is 16.9. The molecule has 122 valence electrons. The highest BCUT2D eigenvalue weighted by atomic mass is 16.7. The number of carbonyl (C=O) groups is 1.